The smallest absolute Gasteiger partial charge is 0.142 e. The van der Waals surface area contributed by atoms with Crippen LogP contribution in [0.3, 0.4) is 0 Å². The zero-order valence-electron chi connectivity index (χ0n) is 22.9. The Morgan fingerprint density at radius 3 is 1.95 bits per heavy atom. The van der Waals surface area contributed by atoms with E-state index >= 15 is 0 Å². The number of ether oxygens (including phenoxy) is 8. The van der Waals surface area contributed by atoms with Crippen LogP contribution in [-0.2, 0) is 37.9 Å². The van der Waals surface area contributed by atoms with E-state index in [0.717, 1.165) is 6.42 Å². The summed E-state index contributed by atoms with van der Waals surface area (Å²) in [6.45, 7) is 4.97. The molecule has 14 heteroatoms. The molecule has 216 valence electrons. The van der Waals surface area contributed by atoms with Gasteiger partial charge in [-0.1, -0.05) is 6.92 Å². The first-order valence-corrected chi connectivity index (χ1v) is 12.9. The molecule has 0 spiro atoms. The second kappa shape index (κ2) is 13.1. The van der Waals surface area contributed by atoms with Crippen LogP contribution in [0.4, 0.5) is 0 Å². The summed E-state index contributed by atoms with van der Waals surface area (Å²) in [7, 11) is 16.1. The molecule has 4 bridgehead atoms. The van der Waals surface area contributed by atoms with E-state index in [4.69, 9.17) is 63.8 Å². The molecule has 2 unspecified atom stereocenters. The zero-order valence-corrected chi connectivity index (χ0v) is 22.9. The first kappa shape index (κ1) is 32.2. The summed E-state index contributed by atoms with van der Waals surface area (Å²) in [5.41, 5.74) is -2.30. The minimum Gasteiger partial charge on any atom is -0.393 e. The van der Waals surface area contributed by atoms with Crippen LogP contribution in [0.2, 0.25) is 0 Å². The van der Waals surface area contributed by atoms with Crippen LogP contribution in [0.5, 0.6) is 0 Å². The molecule has 0 aromatic carbocycles. The SMILES string of the molecule is CC[C@]1(COC)O[C@@H](C)[C@H](OC)[C@@H]1OC.[B]C1O[C@@]2(CO)COC[C@H]1[C@H]2O.[B]C1O[C@@]2(CO)CO[C@H]1[C@H]2O. The Kier molecular flexibility index (Phi) is 11.1. The molecule has 4 radical (unpaired) electrons. The third-order valence-corrected chi connectivity index (χ3v) is 8.21. The van der Waals surface area contributed by atoms with Crippen LogP contribution in [0.15, 0.2) is 0 Å². The van der Waals surface area contributed by atoms with Crippen molar-refractivity contribution in [2.24, 2.45) is 5.92 Å². The Hall–Kier alpha value is -0.350. The molecular weight excluding hydrogens is 502 g/mol. The van der Waals surface area contributed by atoms with Gasteiger partial charge in [-0.25, -0.2) is 0 Å². The summed E-state index contributed by atoms with van der Waals surface area (Å²) in [5.74, 6) is -0.203. The normalized spacial score (nSPS) is 48.8. The average Bonchev–Trinajstić information content (AvgIpc) is 3.50. The second-order valence-electron chi connectivity index (χ2n) is 10.5. The van der Waals surface area contributed by atoms with Crippen LogP contribution in [-0.4, -0.2) is 163 Å². The molecule has 0 saturated carbocycles. The fraction of sp³-hybridized carbons (Fsp3) is 1.00. The Bertz CT molecular complexity index is 753. The number of hydrogen-bond acceptors (Lipinski definition) is 12. The number of methoxy groups -OCH3 is 3. The van der Waals surface area contributed by atoms with Crippen molar-refractivity contribution in [3.05, 3.63) is 0 Å². The zero-order chi connectivity index (χ0) is 28.3. The second-order valence-corrected chi connectivity index (χ2v) is 10.5. The first-order chi connectivity index (χ1) is 18.0. The van der Waals surface area contributed by atoms with Crippen molar-refractivity contribution in [1.82, 2.24) is 0 Å². The van der Waals surface area contributed by atoms with Crippen molar-refractivity contribution in [2.45, 2.75) is 85.7 Å². The van der Waals surface area contributed by atoms with Gasteiger partial charge in [-0.2, -0.15) is 0 Å². The predicted molar refractivity (Wildman–Crippen MR) is 134 cm³/mol. The third kappa shape index (κ3) is 5.70. The van der Waals surface area contributed by atoms with E-state index in [2.05, 4.69) is 6.92 Å². The predicted octanol–water partition coefficient (Wildman–Crippen LogP) is -2.52. The van der Waals surface area contributed by atoms with E-state index < -0.39 is 41.5 Å². The van der Waals surface area contributed by atoms with Crippen LogP contribution < -0.4 is 0 Å². The van der Waals surface area contributed by atoms with E-state index in [-0.39, 0.29) is 56.3 Å². The molecule has 0 aliphatic carbocycles. The summed E-state index contributed by atoms with van der Waals surface area (Å²) < 4.78 is 42.9. The fourth-order valence-corrected chi connectivity index (χ4v) is 5.91. The highest BCUT2D eigenvalue weighted by Crippen LogP contribution is 2.39. The maximum Gasteiger partial charge on any atom is 0.142 e. The minimum absolute atomic E-state index is 0.0231. The van der Waals surface area contributed by atoms with Crippen LogP contribution in [0.1, 0.15) is 20.3 Å². The van der Waals surface area contributed by atoms with Gasteiger partial charge >= 0.3 is 0 Å². The lowest BCUT2D eigenvalue weighted by Gasteiger charge is -2.34. The van der Waals surface area contributed by atoms with Crippen molar-refractivity contribution in [2.75, 3.05) is 61.0 Å². The fourth-order valence-electron chi connectivity index (χ4n) is 5.91. The number of fused-ring (bicyclic) bond motifs is 4. The molecule has 5 saturated heterocycles. The van der Waals surface area contributed by atoms with E-state index in [1.165, 1.54) is 0 Å². The van der Waals surface area contributed by atoms with Crippen molar-refractivity contribution in [3.8, 4) is 0 Å². The lowest BCUT2D eigenvalue weighted by Crippen LogP contribution is -2.52. The molecule has 5 heterocycles. The van der Waals surface area contributed by atoms with Gasteiger partial charge < -0.3 is 58.3 Å². The molecule has 5 aliphatic rings. The lowest BCUT2D eigenvalue weighted by molar-refractivity contribution is -0.153. The molecule has 38 heavy (non-hydrogen) atoms. The Labute approximate surface area is 227 Å². The summed E-state index contributed by atoms with van der Waals surface area (Å²) in [5, 5.41) is 37.1. The van der Waals surface area contributed by atoms with Gasteiger partial charge in [0.2, 0.25) is 0 Å². The number of hydrogen-bond donors (Lipinski definition) is 4. The van der Waals surface area contributed by atoms with Gasteiger partial charge in [0.1, 0.15) is 56.9 Å². The van der Waals surface area contributed by atoms with Crippen molar-refractivity contribution in [1.29, 1.82) is 0 Å². The number of aliphatic hydroxyl groups excluding tert-OH is 4. The molecule has 5 rings (SSSR count). The molecule has 5 fully saturated rings. The highest BCUT2D eigenvalue weighted by Gasteiger charge is 2.59. The first-order valence-electron chi connectivity index (χ1n) is 12.9. The maximum absolute atomic E-state index is 9.68. The van der Waals surface area contributed by atoms with Gasteiger partial charge in [0, 0.05) is 39.3 Å². The molecule has 12 atom stereocenters. The topological polar surface area (TPSA) is 155 Å². The van der Waals surface area contributed by atoms with E-state index in [0.29, 0.717) is 13.2 Å². The highest BCUT2D eigenvalue weighted by molar-refractivity contribution is 6.12. The maximum atomic E-state index is 9.68. The summed E-state index contributed by atoms with van der Waals surface area (Å²) in [6.07, 6.45) is -1.16. The summed E-state index contributed by atoms with van der Waals surface area (Å²) >= 11 is 0. The van der Waals surface area contributed by atoms with Crippen LogP contribution >= 0.6 is 0 Å². The average molecular weight is 544 g/mol. The molecule has 0 aromatic heterocycles. The lowest BCUT2D eigenvalue weighted by atomic mass is 9.81. The van der Waals surface area contributed by atoms with Gasteiger partial charge in [-0.3, -0.25) is 0 Å². The highest BCUT2D eigenvalue weighted by atomic mass is 16.6. The molecule has 0 aromatic rings. The standard InChI is InChI=1S/C11H22O4.C7H11BO4.C6H9BO4/c1-6-11(7-12-3)10(14-5)9(13-4)8(2)15-11;8-6-4-1-11-3-7(2-9,12-6)5(4)10;7-5-3-4(9)6(1-8,11-5)2-10-3/h8-10H,6-7H2,1-5H3;4-6,9-10H,1-3H2;3-5,8-9H,1-2H2/t8-,9-,10-,11+;4-,5+,6?,7-;3-,4+,5?,6-/m000/s1. The number of aliphatic hydroxyl groups is 4. The van der Waals surface area contributed by atoms with Crippen molar-refractivity contribution in [3.63, 3.8) is 0 Å². The van der Waals surface area contributed by atoms with Gasteiger partial charge in [0.25, 0.3) is 0 Å². The van der Waals surface area contributed by atoms with E-state index in [1.54, 1.807) is 21.3 Å². The van der Waals surface area contributed by atoms with Gasteiger partial charge in [-0.05, 0) is 13.3 Å². The summed E-state index contributed by atoms with van der Waals surface area (Å²) in [4.78, 5) is 0. The van der Waals surface area contributed by atoms with Crippen LogP contribution in [0, 0.1) is 5.92 Å². The van der Waals surface area contributed by atoms with Gasteiger partial charge in [-0.15, -0.1) is 0 Å². The third-order valence-electron chi connectivity index (χ3n) is 8.21. The quantitative estimate of drug-likeness (QED) is 0.250. The largest absolute Gasteiger partial charge is 0.393 e. The van der Waals surface area contributed by atoms with Gasteiger partial charge in [0.15, 0.2) is 0 Å². The van der Waals surface area contributed by atoms with Gasteiger partial charge in [0.05, 0.1) is 51.8 Å². The molecular formula is C24H42B2O12. The van der Waals surface area contributed by atoms with Crippen molar-refractivity contribution >= 4 is 15.7 Å². The molecule has 12 nitrogen and oxygen atoms in total. The van der Waals surface area contributed by atoms with E-state index in [1.807, 2.05) is 6.92 Å². The Morgan fingerprint density at radius 2 is 1.53 bits per heavy atom. The summed E-state index contributed by atoms with van der Waals surface area (Å²) in [6, 6.07) is -1.12. The Morgan fingerprint density at radius 1 is 0.895 bits per heavy atom. The molecule has 4 N–H and O–H groups in total. The minimum atomic E-state index is -0.970. The van der Waals surface area contributed by atoms with Crippen molar-refractivity contribution < 1.29 is 58.3 Å². The van der Waals surface area contributed by atoms with E-state index in [9.17, 15) is 10.2 Å². The molecule has 0 amide bonds. The monoisotopic (exact) mass is 544 g/mol. The number of rotatable bonds is 7. The van der Waals surface area contributed by atoms with Crippen LogP contribution in [0.25, 0.3) is 0 Å². The Balaban J connectivity index is 0.000000160. The molecule has 5 aliphatic heterocycles.